The lowest BCUT2D eigenvalue weighted by molar-refractivity contribution is -0.119. The van der Waals surface area contributed by atoms with Crippen LogP contribution in [0.5, 0.6) is 0 Å². The lowest BCUT2D eigenvalue weighted by Crippen LogP contribution is -2.36. The highest BCUT2D eigenvalue weighted by Gasteiger charge is 2.42. The molecule has 0 bridgehead atoms. The second-order valence-electron chi connectivity index (χ2n) is 8.91. The van der Waals surface area contributed by atoms with Crippen molar-refractivity contribution < 1.29 is 27.5 Å². The Hall–Kier alpha value is -2.88. The number of nitrogens with two attached hydrogens (primary N) is 2. The van der Waals surface area contributed by atoms with E-state index in [0.29, 0.717) is 18.9 Å². The van der Waals surface area contributed by atoms with Crippen LogP contribution >= 0.6 is 0 Å². The van der Waals surface area contributed by atoms with Gasteiger partial charge in [0.2, 0.25) is 0 Å². The number of hydrogen-bond acceptors (Lipinski definition) is 6. The van der Waals surface area contributed by atoms with Gasteiger partial charge in [-0.05, 0) is 42.9 Å². The smallest absolute Gasteiger partial charge is 0.394 e. The molecule has 1 heterocycles. The number of alkyl halides is 3. The van der Waals surface area contributed by atoms with Crippen LogP contribution < -0.4 is 16.8 Å². The SMILES string of the molecule is CC1(C)CC(=O)C(=C(N)C(F)(F)F)C(=Nc2ccc(C(N)=O)c(NC3CCOCC3)c2)C1. The molecule has 2 aliphatic rings. The molecule has 0 unspecified atom stereocenters. The summed E-state index contributed by atoms with van der Waals surface area (Å²) in [6.45, 7) is 4.73. The van der Waals surface area contributed by atoms with Crippen LogP contribution in [0.25, 0.3) is 0 Å². The number of amides is 1. The highest BCUT2D eigenvalue weighted by Crippen LogP contribution is 2.39. The minimum Gasteiger partial charge on any atom is -0.394 e. The number of halogens is 3. The standard InChI is InChI=1S/C22H27F3N4O3/c1-21(2)10-16(18(17(30)11-21)19(26)22(23,24)25)29-13-3-4-14(20(27)31)15(9-13)28-12-5-7-32-8-6-12/h3-4,9,12,28H,5-8,10-11,26H2,1-2H3,(H2,27,31). The Balaban J connectivity index is 2.06. The molecule has 1 aromatic rings. The van der Waals surface area contributed by atoms with Gasteiger partial charge in [-0.15, -0.1) is 0 Å². The number of ketones is 1. The average molecular weight is 452 g/mol. The van der Waals surface area contributed by atoms with Gasteiger partial charge in [0.25, 0.3) is 5.91 Å². The number of hydrogen-bond donors (Lipinski definition) is 3. The molecule has 0 aromatic heterocycles. The van der Waals surface area contributed by atoms with Crippen LogP contribution in [0.4, 0.5) is 24.5 Å². The first kappa shape index (κ1) is 23.8. The monoisotopic (exact) mass is 452 g/mol. The van der Waals surface area contributed by atoms with Crippen molar-refractivity contribution in [1.82, 2.24) is 0 Å². The number of allylic oxidation sites excluding steroid dienone is 2. The molecular formula is C22H27F3N4O3. The number of primary amides is 1. The fraction of sp³-hybridized carbons (Fsp3) is 0.500. The number of anilines is 1. The second-order valence-corrected chi connectivity index (χ2v) is 8.91. The van der Waals surface area contributed by atoms with Gasteiger partial charge in [-0.25, -0.2) is 0 Å². The van der Waals surface area contributed by atoms with Gasteiger partial charge >= 0.3 is 6.18 Å². The van der Waals surface area contributed by atoms with Gasteiger partial charge in [0.05, 0.1) is 22.5 Å². The molecule has 0 atom stereocenters. The molecule has 1 saturated carbocycles. The van der Waals surface area contributed by atoms with Crippen molar-refractivity contribution in [3.8, 4) is 0 Å². The summed E-state index contributed by atoms with van der Waals surface area (Å²) in [7, 11) is 0. The Morgan fingerprint density at radius 3 is 2.44 bits per heavy atom. The van der Waals surface area contributed by atoms with E-state index in [4.69, 9.17) is 16.2 Å². The topological polar surface area (TPSA) is 120 Å². The largest absolute Gasteiger partial charge is 0.431 e. The van der Waals surface area contributed by atoms with Crippen molar-refractivity contribution in [3.05, 3.63) is 35.0 Å². The van der Waals surface area contributed by atoms with Crippen LogP contribution in [-0.4, -0.2) is 42.8 Å². The van der Waals surface area contributed by atoms with Crippen LogP contribution in [0.3, 0.4) is 0 Å². The number of Topliss-reactive ketones (excluding diaryl/α,β-unsaturated/α-hetero) is 1. The zero-order chi connectivity index (χ0) is 23.7. The molecule has 7 nitrogen and oxygen atoms in total. The predicted octanol–water partition coefficient (Wildman–Crippen LogP) is 3.61. The molecule has 1 aliphatic carbocycles. The summed E-state index contributed by atoms with van der Waals surface area (Å²) in [5.41, 5.74) is 9.16. The molecule has 174 valence electrons. The van der Waals surface area contributed by atoms with E-state index in [0.717, 1.165) is 12.8 Å². The van der Waals surface area contributed by atoms with Crippen molar-refractivity contribution >= 4 is 28.8 Å². The second kappa shape index (κ2) is 8.93. The van der Waals surface area contributed by atoms with E-state index >= 15 is 0 Å². The third-order valence-electron chi connectivity index (χ3n) is 5.54. The van der Waals surface area contributed by atoms with Crippen molar-refractivity contribution in [2.45, 2.75) is 51.7 Å². The summed E-state index contributed by atoms with van der Waals surface area (Å²) in [6.07, 6.45) is -3.30. The molecule has 2 fully saturated rings. The number of benzene rings is 1. The van der Waals surface area contributed by atoms with Gasteiger partial charge in [0, 0.05) is 31.4 Å². The maximum Gasteiger partial charge on any atom is 0.431 e. The van der Waals surface area contributed by atoms with Gasteiger partial charge in [-0.1, -0.05) is 13.8 Å². The number of ether oxygens (including phenoxy) is 1. The molecule has 5 N–H and O–H groups in total. The zero-order valence-corrected chi connectivity index (χ0v) is 18.0. The van der Waals surface area contributed by atoms with E-state index in [2.05, 4.69) is 10.3 Å². The maximum absolute atomic E-state index is 13.3. The number of rotatable bonds is 4. The van der Waals surface area contributed by atoms with E-state index in [1.165, 1.54) is 12.1 Å². The van der Waals surface area contributed by atoms with Gasteiger partial charge in [0.1, 0.15) is 5.70 Å². The van der Waals surface area contributed by atoms with E-state index in [1.807, 2.05) is 0 Å². The molecule has 1 amide bonds. The van der Waals surface area contributed by atoms with Crippen molar-refractivity contribution in [3.63, 3.8) is 0 Å². The van der Waals surface area contributed by atoms with Gasteiger partial charge in [-0.3, -0.25) is 14.6 Å². The third-order valence-corrected chi connectivity index (χ3v) is 5.54. The van der Waals surface area contributed by atoms with E-state index < -0.39 is 34.6 Å². The van der Waals surface area contributed by atoms with Crippen molar-refractivity contribution in [2.24, 2.45) is 21.9 Å². The average Bonchev–Trinajstić information content (AvgIpc) is 2.66. The lowest BCUT2D eigenvalue weighted by atomic mass is 9.73. The molecule has 10 heteroatoms. The number of carbonyl (C=O) groups excluding carboxylic acids is 2. The minimum absolute atomic E-state index is 0.0232. The third kappa shape index (κ3) is 5.48. The Morgan fingerprint density at radius 1 is 1.19 bits per heavy atom. The molecule has 0 spiro atoms. The summed E-state index contributed by atoms with van der Waals surface area (Å²) in [5, 5.41) is 3.26. The Bertz CT molecular complexity index is 977. The summed E-state index contributed by atoms with van der Waals surface area (Å²) in [6, 6.07) is 4.55. The van der Waals surface area contributed by atoms with Crippen LogP contribution in [0, 0.1) is 5.41 Å². The first-order chi connectivity index (χ1) is 14.9. The highest BCUT2D eigenvalue weighted by atomic mass is 19.4. The van der Waals surface area contributed by atoms with E-state index in [-0.39, 0.29) is 35.8 Å². The molecule has 1 aromatic carbocycles. The molecule has 3 rings (SSSR count). The van der Waals surface area contributed by atoms with Crippen LogP contribution in [-0.2, 0) is 9.53 Å². The Labute approximate surface area is 184 Å². The zero-order valence-electron chi connectivity index (χ0n) is 18.0. The number of aliphatic imine (C=N–C) groups is 1. The summed E-state index contributed by atoms with van der Waals surface area (Å²) in [5.74, 6) is -1.33. The molecular weight excluding hydrogens is 425 g/mol. The fourth-order valence-corrected chi connectivity index (χ4v) is 3.98. The lowest BCUT2D eigenvalue weighted by Gasteiger charge is -2.32. The Morgan fingerprint density at radius 2 is 1.84 bits per heavy atom. The summed E-state index contributed by atoms with van der Waals surface area (Å²) >= 11 is 0. The maximum atomic E-state index is 13.3. The summed E-state index contributed by atoms with van der Waals surface area (Å²) < 4.78 is 45.3. The molecule has 0 radical (unpaired) electrons. The Kier molecular flexibility index (Phi) is 6.64. The van der Waals surface area contributed by atoms with Crippen LogP contribution in [0.1, 0.15) is 49.9 Å². The number of nitrogens with zero attached hydrogens (tertiary/aromatic N) is 1. The minimum atomic E-state index is -4.85. The highest BCUT2D eigenvalue weighted by molar-refractivity contribution is 6.25. The van der Waals surface area contributed by atoms with Gasteiger partial charge < -0.3 is 21.5 Å². The van der Waals surface area contributed by atoms with Crippen molar-refractivity contribution in [2.75, 3.05) is 18.5 Å². The molecule has 1 saturated heterocycles. The molecule has 32 heavy (non-hydrogen) atoms. The first-order valence-electron chi connectivity index (χ1n) is 10.3. The normalized spacial score (nSPS) is 22.7. The van der Waals surface area contributed by atoms with E-state index in [9.17, 15) is 22.8 Å². The predicted molar refractivity (Wildman–Crippen MR) is 115 cm³/mol. The first-order valence-corrected chi connectivity index (χ1v) is 10.3. The molecule has 1 aliphatic heterocycles. The van der Waals surface area contributed by atoms with Gasteiger partial charge in [-0.2, -0.15) is 13.2 Å². The van der Waals surface area contributed by atoms with Crippen LogP contribution in [0.2, 0.25) is 0 Å². The van der Waals surface area contributed by atoms with E-state index in [1.54, 1.807) is 19.9 Å². The van der Waals surface area contributed by atoms with Crippen molar-refractivity contribution in [1.29, 1.82) is 0 Å². The quantitative estimate of drug-likeness (QED) is 0.603. The fourth-order valence-electron chi connectivity index (χ4n) is 3.98. The van der Waals surface area contributed by atoms with Gasteiger partial charge in [0.15, 0.2) is 5.78 Å². The number of carbonyl (C=O) groups is 2. The summed E-state index contributed by atoms with van der Waals surface area (Å²) in [4.78, 5) is 28.8. The van der Waals surface area contributed by atoms with Crippen LogP contribution in [0.15, 0.2) is 34.5 Å². The number of nitrogens with one attached hydrogen (secondary N) is 1.